The number of benzene rings is 1. The van der Waals surface area contributed by atoms with Crippen LogP contribution in [0.3, 0.4) is 0 Å². The van der Waals surface area contributed by atoms with Crippen LogP contribution in [0.1, 0.15) is 48.1 Å². The van der Waals surface area contributed by atoms with E-state index in [1.807, 2.05) is 16.7 Å². The van der Waals surface area contributed by atoms with Gasteiger partial charge in [0, 0.05) is 25.2 Å². The molecule has 5 nitrogen and oxygen atoms in total. The second-order valence-corrected chi connectivity index (χ2v) is 8.74. The molecule has 1 aliphatic heterocycles. The van der Waals surface area contributed by atoms with Gasteiger partial charge in [-0.2, -0.15) is 0 Å². The summed E-state index contributed by atoms with van der Waals surface area (Å²) in [5, 5.41) is 4.58. The van der Waals surface area contributed by atoms with Crippen LogP contribution >= 0.6 is 0 Å². The quantitative estimate of drug-likeness (QED) is 0.649. The van der Waals surface area contributed by atoms with Crippen LogP contribution in [0.15, 0.2) is 45.8 Å². The molecule has 1 fully saturated rings. The Kier molecular flexibility index (Phi) is 5.73. The van der Waals surface area contributed by atoms with E-state index in [0.717, 1.165) is 55.9 Å². The van der Waals surface area contributed by atoms with E-state index < -0.39 is 0 Å². The highest BCUT2D eigenvalue weighted by atomic mass is 16.3. The Bertz CT molecular complexity index is 1060. The molecule has 158 valence electrons. The molecule has 2 aliphatic rings. The molecule has 0 spiro atoms. The van der Waals surface area contributed by atoms with Gasteiger partial charge in [0.05, 0.1) is 18.3 Å². The molecule has 1 aliphatic carbocycles. The Morgan fingerprint density at radius 1 is 0.933 bits per heavy atom. The molecule has 0 saturated carbocycles. The maximum absolute atomic E-state index is 13.4. The first kappa shape index (κ1) is 19.6. The number of nitrogens with one attached hydrogen (secondary N) is 1. The summed E-state index contributed by atoms with van der Waals surface area (Å²) in [6.07, 6.45) is 9.09. The number of nitrogens with zero attached hydrogens (tertiary/aromatic N) is 2. The number of piperidine rings is 1. The molecule has 30 heavy (non-hydrogen) atoms. The normalized spacial score (nSPS) is 16.9. The van der Waals surface area contributed by atoms with Crippen LogP contribution in [0.25, 0.3) is 10.9 Å². The average molecular weight is 406 g/mol. The molecule has 1 N–H and O–H groups in total. The fraction of sp³-hybridized carbons (Fsp3) is 0.480. The van der Waals surface area contributed by atoms with Gasteiger partial charge in [0.2, 0.25) is 0 Å². The molecule has 0 amide bonds. The van der Waals surface area contributed by atoms with Crippen molar-refractivity contribution in [3.05, 3.63) is 69.4 Å². The monoisotopic (exact) mass is 405 g/mol. The fourth-order valence-corrected chi connectivity index (χ4v) is 5.02. The molecule has 3 heterocycles. The summed E-state index contributed by atoms with van der Waals surface area (Å²) in [7, 11) is 0. The van der Waals surface area contributed by atoms with Crippen molar-refractivity contribution < 1.29 is 4.42 Å². The van der Waals surface area contributed by atoms with Crippen molar-refractivity contribution in [3.63, 3.8) is 0 Å². The number of aryl methyl sites for hydroxylation is 2. The smallest absolute Gasteiger partial charge is 0.255 e. The fourth-order valence-electron chi connectivity index (χ4n) is 5.02. The molecule has 1 saturated heterocycles. The summed E-state index contributed by atoms with van der Waals surface area (Å²) < 4.78 is 7.43. The molecule has 5 heteroatoms. The van der Waals surface area contributed by atoms with Crippen molar-refractivity contribution in [2.24, 2.45) is 0 Å². The van der Waals surface area contributed by atoms with Gasteiger partial charge in [0.15, 0.2) is 0 Å². The maximum atomic E-state index is 13.4. The number of aromatic nitrogens is 1. The zero-order valence-electron chi connectivity index (χ0n) is 17.7. The predicted molar refractivity (Wildman–Crippen MR) is 120 cm³/mol. The third-order valence-electron chi connectivity index (χ3n) is 6.66. The van der Waals surface area contributed by atoms with E-state index in [4.69, 9.17) is 4.42 Å². The summed E-state index contributed by atoms with van der Waals surface area (Å²) in [6, 6.07) is 10.6. The van der Waals surface area contributed by atoms with Gasteiger partial charge in [-0.25, -0.2) is 0 Å². The van der Waals surface area contributed by atoms with Crippen LogP contribution in [0.2, 0.25) is 0 Å². The average Bonchev–Trinajstić information content (AvgIpc) is 3.45. The Hall–Kier alpha value is -2.37. The van der Waals surface area contributed by atoms with Gasteiger partial charge < -0.3 is 19.2 Å². The van der Waals surface area contributed by atoms with Gasteiger partial charge in [-0.1, -0.05) is 6.42 Å². The van der Waals surface area contributed by atoms with Crippen molar-refractivity contribution >= 4 is 10.9 Å². The lowest BCUT2D eigenvalue weighted by atomic mass is 10.0. The number of hydrogen-bond donors (Lipinski definition) is 1. The largest absolute Gasteiger partial charge is 0.468 e. The first-order valence-electron chi connectivity index (χ1n) is 11.4. The van der Waals surface area contributed by atoms with E-state index in [1.165, 1.54) is 42.2 Å². The minimum Gasteiger partial charge on any atom is -0.468 e. The third kappa shape index (κ3) is 4.09. The first-order chi connectivity index (χ1) is 14.8. The van der Waals surface area contributed by atoms with E-state index >= 15 is 0 Å². The van der Waals surface area contributed by atoms with E-state index in [-0.39, 0.29) is 5.56 Å². The van der Waals surface area contributed by atoms with Gasteiger partial charge in [0.25, 0.3) is 5.56 Å². The Morgan fingerprint density at radius 3 is 2.57 bits per heavy atom. The number of rotatable bonds is 7. The number of pyridine rings is 1. The summed E-state index contributed by atoms with van der Waals surface area (Å²) >= 11 is 0. The summed E-state index contributed by atoms with van der Waals surface area (Å²) in [5.41, 5.74) is 4.97. The second-order valence-electron chi connectivity index (χ2n) is 8.74. The highest BCUT2D eigenvalue weighted by Crippen LogP contribution is 2.27. The van der Waals surface area contributed by atoms with E-state index in [1.54, 1.807) is 6.26 Å². The van der Waals surface area contributed by atoms with Crippen molar-refractivity contribution in [3.8, 4) is 0 Å². The minimum atomic E-state index is 0.143. The molecule has 0 radical (unpaired) electrons. The molecular formula is C25H31N3O2. The lowest BCUT2D eigenvalue weighted by Crippen LogP contribution is -2.36. The molecule has 0 atom stereocenters. The molecule has 0 bridgehead atoms. The molecule has 2 aromatic heterocycles. The Labute approximate surface area is 177 Å². The predicted octanol–water partition coefficient (Wildman–Crippen LogP) is 3.86. The lowest BCUT2D eigenvalue weighted by molar-refractivity contribution is 0.221. The third-order valence-corrected chi connectivity index (χ3v) is 6.66. The molecule has 0 unspecified atom stereocenters. The summed E-state index contributed by atoms with van der Waals surface area (Å²) in [5.74, 6) is 0.888. The highest BCUT2D eigenvalue weighted by Gasteiger charge is 2.17. The van der Waals surface area contributed by atoms with E-state index in [2.05, 4.69) is 28.4 Å². The highest BCUT2D eigenvalue weighted by molar-refractivity contribution is 5.82. The van der Waals surface area contributed by atoms with Gasteiger partial charge in [-0.15, -0.1) is 0 Å². The van der Waals surface area contributed by atoms with Crippen LogP contribution in [-0.4, -0.2) is 29.1 Å². The SMILES string of the molecule is O=c1c(CNCc2ccco2)cc2cc3c(cc2n1CCN1CCCCC1)CCC3. The Morgan fingerprint density at radius 2 is 1.77 bits per heavy atom. The zero-order chi connectivity index (χ0) is 20.3. The number of likely N-dealkylation sites (tertiary alicyclic amines) is 1. The lowest BCUT2D eigenvalue weighted by Gasteiger charge is -2.27. The van der Waals surface area contributed by atoms with Crippen molar-refractivity contribution in [1.82, 2.24) is 14.8 Å². The Balaban J connectivity index is 1.44. The summed E-state index contributed by atoms with van der Waals surface area (Å²) in [4.78, 5) is 15.9. The van der Waals surface area contributed by atoms with Gasteiger partial charge >= 0.3 is 0 Å². The topological polar surface area (TPSA) is 50.4 Å². The summed E-state index contributed by atoms with van der Waals surface area (Å²) in [6.45, 7) is 5.22. The van der Waals surface area contributed by atoms with Crippen molar-refractivity contribution in [2.75, 3.05) is 19.6 Å². The second kappa shape index (κ2) is 8.78. The molecular weight excluding hydrogens is 374 g/mol. The van der Waals surface area contributed by atoms with Crippen LogP contribution in [0, 0.1) is 0 Å². The van der Waals surface area contributed by atoms with Gasteiger partial charge in [-0.3, -0.25) is 4.79 Å². The zero-order valence-corrected chi connectivity index (χ0v) is 17.7. The minimum absolute atomic E-state index is 0.143. The first-order valence-corrected chi connectivity index (χ1v) is 11.4. The molecule has 5 rings (SSSR count). The van der Waals surface area contributed by atoms with Crippen LogP contribution in [0.5, 0.6) is 0 Å². The van der Waals surface area contributed by atoms with E-state index in [0.29, 0.717) is 13.1 Å². The number of furan rings is 1. The molecule has 3 aromatic rings. The standard InChI is InChI=1S/C25H31N3O2/c29-25-22(17-26-18-23-8-5-13-30-23)15-21-14-19-6-4-7-20(19)16-24(21)28(25)12-11-27-9-2-1-3-10-27/h5,8,13-16,26H,1-4,6-7,9-12,17-18H2. The van der Waals surface area contributed by atoms with Gasteiger partial charge in [-0.05, 0) is 92.0 Å². The maximum Gasteiger partial charge on any atom is 0.255 e. The van der Waals surface area contributed by atoms with E-state index in [9.17, 15) is 4.79 Å². The van der Waals surface area contributed by atoms with Crippen LogP contribution in [-0.2, 0) is 32.5 Å². The number of fused-ring (bicyclic) bond motifs is 2. The number of hydrogen-bond acceptors (Lipinski definition) is 4. The van der Waals surface area contributed by atoms with Gasteiger partial charge in [0.1, 0.15) is 5.76 Å². The van der Waals surface area contributed by atoms with Crippen molar-refractivity contribution in [2.45, 2.75) is 58.2 Å². The molecule has 1 aromatic carbocycles. The van der Waals surface area contributed by atoms with Crippen LogP contribution < -0.4 is 10.9 Å². The van der Waals surface area contributed by atoms with Crippen LogP contribution in [0.4, 0.5) is 0 Å². The van der Waals surface area contributed by atoms with Crippen molar-refractivity contribution in [1.29, 1.82) is 0 Å².